The predicted molar refractivity (Wildman–Crippen MR) is 80.1 cm³/mol. The van der Waals surface area contributed by atoms with E-state index in [2.05, 4.69) is 5.32 Å². The number of nitriles is 1. The lowest BCUT2D eigenvalue weighted by Crippen LogP contribution is -2.06. The van der Waals surface area contributed by atoms with Gasteiger partial charge in [0.25, 0.3) is 0 Å². The first-order chi connectivity index (χ1) is 10.1. The van der Waals surface area contributed by atoms with Gasteiger partial charge in [0.2, 0.25) is 5.91 Å². The Morgan fingerprint density at radius 1 is 1.19 bits per heavy atom. The zero-order valence-electron chi connectivity index (χ0n) is 10.7. The number of carbonyl (C=O) groups excluding carboxylic acids is 1. The molecule has 0 unspecified atom stereocenters. The van der Waals surface area contributed by atoms with E-state index in [1.807, 2.05) is 6.07 Å². The second-order valence-electron chi connectivity index (χ2n) is 4.03. The van der Waals surface area contributed by atoms with E-state index in [4.69, 9.17) is 10.4 Å². The molecule has 1 aromatic heterocycles. The van der Waals surface area contributed by atoms with Crippen molar-refractivity contribution in [2.24, 2.45) is 0 Å². The molecule has 5 nitrogen and oxygen atoms in total. The number of benzene rings is 1. The van der Waals surface area contributed by atoms with Crippen molar-refractivity contribution < 1.29 is 14.7 Å². The fourth-order valence-corrected chi connectivity index (χ4v) is 2.27. The number of hydrogen-bond acceptors (Lipinski definition) is 4. The fraction of sp³-hybridized carbons (Fsp3) is 0. The van der Waals surface area contributed by atoms with Crippen molar-refractivity contribution in [1.82, 2.24) is 0 Å². The average molecular weight is 298 g/mol. The third-order valence-electron chi connectivity index (χ3n) is 2.53. The molecule has 1 amide bonds. The number of carboxylic acids is 1. The van der Waals surface area contributed by atoms with Crippen molar-refractivity contribution in [3.63, 3.8) is 0 Å². The molecule has 21 heavy (non-hydrogen) atoms. The number of amides is 1. The molecule has 0 aliphatic carbocycles. The Kier molecular flexibility index (Phi) is 4.49. The Morgan fingerprint density at radius 3 is 2.48 bits per heavy atom. The zero-order chi connectivity index (χ0) is 15.2. The van der Waals surface area contributed by atoms with Gasteiger partial charge in [-0.15, -0.1) is 11.3 Å². The maximum atomic E-state index is 11.7. The Balaban J connectivity index is 1.98. The third kappa shape index (κ3) is 4.03. The van der Waals surface area contributed by atoms with Crippen molar-refractivity contribution >= 4 is 34.3 Å². The maximum absolute atomic E-state index is 11.7. The van der Waals surface area contributed by atoms with Crippen molar-refractivity contribution in [2.75, 3.05) is 5.32 Å². The van der Waals surface area contributed by atoms with Crippen LogP contribution in [0.25, 0.3) is 6.08 Å². The van der Waals surface area contributed by atoms with Gasteiger partial charge in [-0.2, -0.15) is 5.26 Å². The molecule has 0 atom stereocenters. The first kappa shape index (κ1) is 14.5. The van der Waals surface area contributed by atoms with E-state index in [1.54, 1.807) is 36.4 Å². The van der Waals surface area contributed by atoms with Crippen LogP contribution in [-0.2, 0) is 4.79 Å². The van der Waals surface area contributed by atoms with Crippen LogP contribution in [0, 0.1) is 11.3 Å². The molecule has 2 rings (SSSR count). The molecule has 104 valence electrons. The summed E-state index contributed by atoms with van der Waals surface area (Å²) in [5, 5.41) is 20.5. The number of rotatable bonds is 4. The lowest BCUT2D eigenvalue weighted by atomic mass is 10.1. The summed E-state index contributed by atoms with van der Waals surface area (Å²) in [4.78, 5) is 22.6. The molecular formula is C15H10N2O3S. The molecule has 0 radical (unpaired) electrons. The molecule has 6 heteroatoms. The number of nitrogens with zero attached hydrogens (tertiary/aromatic N) is 1. The van der Waals surface area contributed by atoms with Crippen LogP contribution < -0.4 is 5.32 Å². The highest BCUT2D eigenvalue weighted by Crippen LogP contribution is 2.21. The molecular weight excluding hydrogens is 288 g/mol. The molecule has 0 aliphatic heterocycles. The summed E-state index contributed by atoms with van der Waals surface area (Å²) in [7, 11) is 0. The van der Waals surface area contributed by atoms with Gasteiger partial charge in [-0.05, 0) is 35.9 Å². The smallest absolute Gasteiger partial charge is 0.345 e. The number of carboxylic acid groups (broad SMARTS) is 1. The van der Waals surface area contributed by atoms with E-state index in [0.717, 1.165) is 16.9 Å². The van der Waals surface area contributed by atoms with Crippen LogP contribution in [0.15, 0.2) is 42.5 Å². The lowest BCUT2D eigenvalue weighted by molar-refractivity contribution is -0.111. The maximum Gasteiger partial charge on any atom is 0.345 e. The number of aromatic carboxylic acids is 1. The van der Waals surface area contributed by atoms with Crippen LogP contribution in [0.1, 0.15) is 20.8 Å². The lowest BCUT2D eigenvalue weighted by Gasteiger charge is -1.97. The number of nitrogens with one attached hydrogen (secondary N) is 1. The molecule has 0 fully saturated rings. The number of hydrogen-bond donors (Lipinski definition) is 2. The summed E-state index contributed by atoms with van der Waals surface area (Å²) in [6.07, 6.45) is 2.96. The van der Waals surface area contributed by atoms with Crippen molar-refractivity contribution in [2.45, 2.75) is 0 Å². The summed E-state index contributed by atoms with van der Waals surface area (Å²) < 4.78 is 0. The molecule has 1 aromatic carbocycles. The van der Waals surface area contributed by atoms with Crippen molar-refractivity contribution in [1.29, 1.82) is 5.26 Å². The summed E-state index contributed by atoms with van der Waals surface area (Å²) in [6.45, 7) is 0. The molecule has 0 saturated carbocycles. The molecule has 0 spiro atoms. The highest BCUT2D eigenvalue weighted by molar-refractivity contribution is 7.18. The average Bonchev–Trinajstić information content (AvgIpc) is 2.94. The van der Waals surface area contributed by atoms with Crippen LogP contribution in [0.2, 0.25) is 0 Å². The quantitative estimate of drug-likeness (QED) is 0.849. The van der Waals surface area contributed by atoms with E-state index in [0.29, 0.717) is 10.6 Å². The van der Waals surface area contributed by atoms with E-state index in [9.17, 15) is 9.59 Å². The largest absolute Gasteiger partial charge is 0.477 e. The van der Waals surface area contributed by atoms with Crippen LogP contribution in [-0.4, -0.2) is 17.0 Å². The molecule has 0 saturated heterocycles. The van der Waals surface area contributed by atoms with Gasteiger partial charge >= 0.3 is 5.97 Å². The minimum Gasteiger partial charge on any atom is -0.477 e. The SMILES string of the molecule is N#Cc1ccc(/C=C/C(=O)Nc2ccc(C(=O)O)s2)cc1. The minimum atomic E-state index is -1.02. The van der Waals surface area contributed by atoms with Gasteiger partial charge in [-0.3, -0.25) is 4.79 Å². The molecule has 2 aromatic rings. The van der Waals surface area contributed by atoms with Crippen molar-refractivity contribution in [3.8, 4) is 6.07 Å². The Bertz CT molecular complexity index is 739. The highest BCUT2D eigenvalue weighted by Gasteiger charge is 2.07. The van der Waals surface area contributed by atoms with E-state index in [1.165, 1.54) is 12.1 Å². The second kappa shape index (κ2) is 6.50. The fourth-order valence-electron chi connectivity index (χ4n) is 1.52. The van der Waals surface area contributed by atoms with Gasteiger partial charge in [0.15, 0.2) is 0 Å². The summed E-state index contributed by atoms with van der Waals surface area (Å²) >= 11 is 0.994. The van der Waals surface area contributed by atoms with Crippen LogP contribution >= 0.6 is 11.3 Å². The van der Waals surface area contributed by atoms with E-state index in [-0.39, 0.29) is 10.8 Å². The Labute approximate surface area is 124 Å². The number of anilines is 1. The first-order valence-electron chi connectivity index (χ1n) is 5.91. The van der Waals surface area contributed by atoms with Crippen LogP contribution in [0.5, 0.6) is 0 Å². The van der Waals surface area contributed by atoms with Crippen LogP contribution in [0.4, 0.5) is 5.00 Å². The Hall–Kier alpha value is -2.91. The second-order valence-corrected chi connectivity index (χ2v) is 5.11. The summed E-state index contributed by atoms with van der Waals surface area (Å²) in [5.74, 6) is -1.37. The van der Waals surface area contributed by atoms with Gasteiger partial charge in [0.05, 0.1) is 16.6 Å². The predicted octanol–water partition coefficient (Wildman–Crippen LogP) is 2.97. The number of carbonyl (C=O) groups is 2. The molecule has 2 N–H and O–H groups in total. The van der Waals surface area contributed by atoms with Crippen molar-refractivity contribution in [3.05, 3.63) is 58.5 Å². The van der Waals surface area contributed by atoms with Gasteiger partial charge in [-0.25, -0.2) is 4.79 Å². The topological polar surface area (TPSA) is 90.2 Å². The summed E-state index contributed by atoms with van der Waals surface area (Å²) in [5.41, 5.74) is 1.35. The molecule has 1 heterocycles. The first-order valence-corrected chi connectivity index (χ1v) is 6.72. The molecule has 0 aliphatic rings. The normalized spacial score (nSPS) is 10.2. The zero-order valence-corrected chi connectivity index (χ0v) is 11.6. The van der Waals surface area contributed by atoms with E-state index >= 15 is 0 Å². The highest BCUT2D eigenvalue weighted by atomic mass is 32.1. The van der Waals surface area contributed by atoms with Gasteiger partial charge in [0.1, 0.15) is 4.88 Å². The van der Waals surface area contributed by atoms with Gasteiger partial charge < -0.3 is 10.4 Å². The standard InChI is InChI=1S/C15H10N2O3S/c16-9-11-3-1-10(2-4-11)5-7-13(18)17-14-8-6-12(21-14)15(19)20/h1-8H,(H,17,18)(H,19,20)/b7-5+. The van der Waals surface area contributed by atoms with Crippen LogP contribution in [0.3, 0.4) is 0 Å². The Morgan fingerprint density at radius 2 is 1.90 bits per heavy atom. The molecule has 0 bridgehead atoms. The minimum absolute atomic E-state index is 0.168. The van der Waals surface area contributed by atoms with Gasteiger partial charge in [0, 0.05) is 6.08 Å². The monoisotopic (exact) mass is 298 g/mol. The van der Waals surface area contributed by atoms with E-state index < -0.39 is 5.97 Å². The number of thiophene rings is 1. The third-order valence-corrected chi connectivity index (χ3v) is 3.52. The summed E-state index contributed by atoms with van der Waals surface area (Å²) in [6, 6.07) is 11.8. The van der Waals surface area contributed by atoms with Gasteiger partial charge in [-0.1, -0.05) is 12.1 Å².